The Morgan fingerprint density at radius 1 is 1.20 bits per heavy atom. The van der Waals surface area contributed by atoms with Crippen LogP contribution in [0.3, 0.4) is 0 Å². The Kier molecular flexibility index (Phi) is 6.86. The first kappa shape index (κ1) is 10.7. The van der Waals surface area contributed by atoms with Gasteiger partial charge >= 0.3 is 0 Å². The van der Waals surface area contributed by atoms with Gasteiger partial charge in [-0.2, -0.15) is 0 Å². The lowest BCUT2D eigenvalue weighted by atomic mass is 10.1. The molecule has 0 bridgehead atoms. The Bertz CT molecular complexity index is 73.7. The van der Waals surface area contributed by atoms with Crippen LogP contribution >= 0.6 is 21.6 Å². The molecule has 0 N–H and O–H groups in total. The van der Waals surface area contributed by atoms with E-state index in [1.807, 2.05) is 21.6 Å². The van der Waals surface area contributed by atoms with Crippen molar-refractivity contribution < 1.29 is 0 Å². The van der Waals surface area contributed by atoms with Crippen molar-refractivity contribution in [3.8, 4) is 0 Å². The summed E-state index contributed by atoms with van der Waals surface area (Å²) in [4.78, 5) is 0. The summed E-state index contributed by atoms with van der Waals surface area (Å²) in [7, 11) is 4.00. The van der Waals surface area contributed by atoms with Crippen molar-refractivity contribution in [1.29, 1.82) is 0 Å². The molecule has 0 aliphatic rings. The SMILES string of the molecule is CCSSC(C)C(C)CC. The molecule has 0 saturated heterocycles. The average molecular weight is 178 g/mol. The lowest BCUT2D eigenvalue weighted by Gasteiger charge is -2.15. The Morgan fingerprint density at radius 2 is 1.80 bits per heavy atom. The normalized spacial score (nSPS) is 16.8. The molecule has 0 aromatic heterocycles. The average Bonchev–Trinajstić information content (AvgIpc) is 1.98. The molecule has 2 heteroatoms. The van der Waals surface area contributed by atoms with E-state index in [1.165, 1.54) is 12.2 Å². The van der Waals surface area contributed by atoms with Gasteiger partial charge in [0.2, 0.25) is 0 Å². The van der Waals surface area contributed by atoms with Gasteiger partial charge in [0.15, 0.2) is 0 Å². The molecule has 0 radical (unpaired) electrons. The Labute approximate surface area is 72.9 Å². The van der Waals surface area contributed by atoms with Crippen LogP contribution in [0.1, 0.15) is 34.1 Å². The fourth-order valence-corrected chi connectivity index (χ4v) is 2.96. The molecule has 0 rings (SSSR count). The third kappa shape index (κ3) is 4.51. The molecule has 2 atom stereocenters. The zero-order valence-corrected chi connectivity index (χ0v) is 9.02. The van der Waals surface area contributed by atoms with Crippen molar-refractivity contribution in [2.45, 2.75) is 39.4 Å². The first-order valence-electron chi connectivity index (χ1n) is 4.00. The first-order chi connectivity index (χ1) is 4.72. The van der Waals surface area contributed by atoms with E-state index in [0.29, 0.717) is 0 Å². The van der Waals surface area contributed by atoms with Crippen LogP contribution in [0.4, 0.5) is 0 Å². The zero-order chi connectivity index (χ0) is 7.98. The van der Waals surface area contributed by atoms with E-state index in [-0.39, 0.29) is 0 Å². The van der Waals surface area contributed by atoms with E-state index < -0.39 is 0 Å². The molecule has 2 unspecified atom stereocenters. The van der Waals surface area contributed by atoms with Gasteiger partial charge in [-0.05, 0) is 5.92 Å². The second-order valence-electron chi connectivity index (χ2n) is 2.59. The van der Waals surface area contributed by atoms with Crippen molar-refractivity contribution in [1.82, 2.24) is 0 Å². The zero-order valence-electron chi connectivity index (χ0n) is 7.39. The van der Waals surface area contributed by atoms with E-state index in [1.54, 1.807) is 0 Å². The van der Waals surface area contributed by atoms with Crippen molar-refractivity contribution in [3.63, 3.8) is 0 Å². The van der Waals surface area contributed by atoms with Crippen LogP contribution in [0.5, 0.6) is 0 Å². The summed E-state index contributed by atoms with van der Waals surface area (Å²) in [6.07, 6.45) is 1.30. The molecule has 0 aromatic carbocycles. The minimum Gasteiger partial charge on any atom is -0.0942 e. The Hall–Kier alpha value is 0.700. The third-order valence-electron chi connectivity index (χ3n) is 1.78. The van der Waals surface area contributed by atoms with Crippen molar-refractivity contribution in [2.24, 2.45) is 5.92 Å². The number of hydrogen-bond acceptors (Lipinski definition) is 2. The second kappa shape index (κ2) is 6.41. The van der Waals surface area contributed by atoms with Crippen LogP contribution in [-0.4, -0.2) is 11.0 Å². The molecule has 0 saturated carbocycles. The van der Waals surface area contributed by atoms with Crippen LogP contribution < -0.4 is 0 Å². The molecule has 10 heavy (non-hydrogen) atoms. The number of hydrogen-bond donors (Lipinski definition) is 0. The fourth-order valence-electron chi connectivity index (χ4n) is 0.602. The number of rotatable bonds is 5. The molecule has 0 nitrogen and oxygen atoms in total. The summed E-state index contributed by atoms with van der Waals surface area (Å²) in [5.41, 5.74) is 0. The van der Waals surface area contributed by atoms with E-state index in [0.717, 1.165) is 11.2 Å². The predicted octanol–water partition coefficient (Wildman–Crippen LogP) is 3.82. The summed E-state index contributed by atoms with van der Waals surface area (Å²) in [6.45, 7) is 9.12. The van der Waals surface area contributed by atoms with Crippen LogP contribution in [0.2, 0.25) is 0 Å². The second-order valence-corrected chi connectivity index (χ2v) is 5.63. The highest BCUT2D eigenvalue weighted by Gasteiger charge is 2.09. The topological polar surface area (TPSA) is 0 Å². The highest BCUT2D eigenvalue weighted by atomic mass is 33.1. The van der Waals surface area contributed by atoms with Gasteiger partial charge in [-0.1, -0.05) is 55.7 Å². The van der Waals surface area contributed by atoms with E-state index in [9.17, 15) is 0 Å². The van der Waals surface area contributed by atoms with Gasteiger partial charge in [-0.3, -0.25) is 0 Å². The minimum absolute atomic E-state index is 0.815. The van der Waals surface area contributed by atoms with Gasteiger partial charge in [0.1, 0.15) is 0 Å². The standard InChI is InChI=1S/C8H18S2/c1-5-7(3)8(4)10-9-6-2/h7-8H,5-6H2,1-4H3. The van der Waals surface area contributed by atoms with Gasteiger partial charge in [-0.15, -0.1) is 0 Å². The maximum atomic E-state index is 2.33. The molecule has 0 aromatic rings. The van der Waals surface area contributed by atoms with Crippen molar-refractivity contribution >= 4 is 21.6 Å². The highest BCUT2D eigenvalue weighted by molar-refractivity contribution is 8.76. The highest BCUT2D eigenvalue weighted by Crippen LogP contribution is 2.31. The van der Waals surface area contributed by atoms with Crippen LogP contribution in [0, 0.1) is 5.92 Å². The first-order valence-corrected chi connectivity index (χ1v) is 6.38. The van der Waals surface area contributed by atoms with E-state index in [4.69, 9.17) is 0 Å². The van der Waals surface area contributed by atoms with Gasteiger partial charge < -0.3 is 0 Å². The minimum atomic E-state index is 0.815. The summed E-state index contributed by atoms with van der Waals surface area (Å²) >= 11 is 0. The van der Waals surface area contributed by atoms with Gasteiger partial charge in [-0.25, -0.2) is 0 Å². The van der Waals surface area contributed by atoms with Crippen LogP contribution in [0.15, 0.2) is 0 Å². The smallest absolute Gasteiger partial charge is 0.0148 e. The van der Waals surface area contributed by atoms with E-state index >= 15 is 0 Å². The fraction of sp³-hybridized carbons (Fsp3) is 1.00. The molecule has 62 valence electrons. The van der Waals surface area contributed by atoms with Gasteiger partial charge in [0, 0.05) is 11.0 Å². The Morgan fingerprint density at radius 3 is 2.20 bits per heavy atom. The van der Waals surface area contributed by atoms with Crippen LogP contribution in [0.25, 0.3) is 0 Å². The monoisotopic (exact) mass is 178 g/mol. The molecule has 0 heterocycles. The summed E-state index contributed by atoms with van der Waals surface area (Å²) in [5, 5.41) is 0.815. The maximum Gasteiger partial charge on any atom is 0.0148 e. The maximum absolute atomic E-state index is 2.33. The van der Waals surface area contributed by atoms with Gasteiger partial charge in [0.25, 0.3) is 0 Å². The molecule has 0 amide bonds. The molecule has 0 spiro atoms. The summed E-state index contributed by atoms with van der Waals surface area (Å²) in [5.74, 6) is 2.09. The third-order valence-corrected chi connectivity index (χ3v) is 4.95. The summed E-state index contributed by atoms with van der Waals surface area (Å²) in [6, 6.07) is 0. The molecule has 0 aliphatic heterocycles. The lowest BCUT2D eigenvalue weighted by Crippen LogP contribution is -2.07. The summed E-state index contributed by atoms with van der Waals surface area (Å²) < 4.78 is 0. The Balaban J connectivity index is 3.31. The van der Waals surface area contributed by atoms with Crippen molar-refractivity contribution in [2.75, 3.05) is 5.75 Å². The molecule has 0 fully saturated rings. The quantitative estimate of drug-likeness (QED) is 0.587. The largest absolute Gasteiger partial charge is 0.0942 e. The molecule has 0 aliphatic carbocycles. The predicted molar refractivity (Wildman–Crippen MR) is 54.6 cm³/mol. The molecular weight excluding hydrogens is 160 g/mol. The van der Waals surface area contributed by atoms with Crippen LogP contribution in [-0.2, 0) is 0 Å². The lowest BCUT2D eigenvalue weighted by molar-refractivity contribution is 0.559. The van der Waals surface area contributed by atoms with Crippen molar-refractivity contribution in [3.05, 3.63) is 0 Å². The van der Waals surface area contributed by atoms with Gasteiger partial charge in [0.05, 0.1) is 0 Å². The molecular formula is C8H18S2. The van der Waals surface area contributed by atoms with E-state index in [2.05, 4.69) is 27.7 Å².